The molecule has 1 aliphatic rings. The van der Waals surface area contributed by atoms with Crippen molar-refractivity contribution in [2.45, 2.75) is 18.2 Å². The predicted molar refractivity (Wildman–Crippen MR) is 36.5 cm³/mol. The number of hydroxylamine groups is 1. The summed E-state index contributed by atoms with van der Waals surface area (Å²) in [4.78, 5) is 11.0. The van der Waals surface area contributed by atoms with E-state index in [9.17, 15) is 9.90 Å². The van der Waals surface area contributed by atoms with Gasteiger partial charge in [-0.25, -0.2) is 0 Å². The van der Waals surface area contributed by atoms with Crippen LogP contribution in [0.4, 0.5) is 0 Å². The quantitative estimate of drug-likeness (QED) is 0.353. The molecule has 0 aliphatic carbocycles. The van der Waals surface area contributed by atoms with Crippen molar-refractivity contribution in [2.24, 2.45) is 0 Å². The van der Waals surface area contributed by atoms with Crippen LogP contribution in [-0.2, 0) is 9.53 Å². The maximum Gasteiger partial charge on any atom is 0.194 e. The summed E-state index contributed by atoms with van der Waals surface area (Å²) in [6.07, 6.45) is -2.29. The monoisotopic (exact) mass is 177 g/mol. The van der Waals surface area contributed by atoms with Crippen molar-refractivity contribution in [1.82, 2.24) is 5.48 Å². The highest BCUT2D eigenvalue weighted by atomic mass is 16.5. The second-order valence-corrected chi connectivity index (χ2v) is 2.59. The average molecular weight is 177 g/mol. The molecule has 1 aliphatic heterocycles. The van der Waals surface area contributed by atoms with Crippen molar-refractivity contribution in [3.63, 3.8) is 0 Å². The Morgan fingerprint density at radius 2 is 2.33 bits per heavy atom. The fourth-order valence-corrected chi connectivity index (χ4v) is 1.03. The molecular formula is C6H11NO5. The number of ketones is 1. The summed E-state index contributed by atoms with van der Waals surface area (Å²) >= 11 is 0. The first kappa shape index (κ1) is 9.56. The van der Waals surface area contributed by atoms with Crippen molar-refractivity contribution in [2.75, 3.05) is 13.2 Å². The Kier molecular flexibility index (Phi) is 3.12. The molecule has 0 spiro atoms. The van der Waals surface area contributed by atoms with E-state index < -0.39 is 30.6 Å². The summed E-state index contributed by atoms with van der Waals surface area (Å²) in [5, 5.41) is 26.2. The summed E-state index contributed by atoms with van der Waals surface area (Å²) in [5.41, 5.74) is 1.75. The van der Waals surface area contributed by atoms with Gasteiger partial charge in [0.15, 0.2) is 5.78 Å². The number of Topliss-reactive ketones (excluding diaryl/α,β-unsaturated/α-hetero) is 1. The highest BCUT2D eigenvalue weighted by molar-refractivity contribution is 5.88. The van der Waals surface area contributed by atoms with Gasteiger partial charge in [0.05, 0.1) is 19.3 Å². The molecule has 0 aromatic carbocycles. The molecule has 6 heteroatoms. The summed E-state index contributed by atoms with van der Waals surface area (Å²) in [6, 6.07) is -0.805. The van der Waals surface area contributed by atoms with Crippen molar-refractivity contribution in [3.05, 3.63) is 0 Å². The number of carbonyl (C=O) groups is 1. The Morgan fingerprint density at radius 1 is 1.67 bits per heavy atom. The molecule has 1 rings (SSSR count). The Morgan fingerprint density at radius 3 is 2.83 bits per heavy atom. The summed E-state index contributed by atoms with van der Waals surface area (Å²) in [6.45, 7) is -0.456. The smallest absolute Gasteiger partial charge is 0.194 e. The molecule has 1 heterocycles. The molecular weight excluding hydrogens is 166 g/mol. The molecule has 1 saturated heterocycles. The average Bonchev–Trinajstić information content (AvgIpc) is 2.10. The third kappa shape index (κ3) is 1.62. The lowest BCUT2D eigenvalue weighted by molar-refractivity contribution is -0.159. The zero-order valence-corrected chi connectivity index (χ0v) is 6.30. The van der Waals surface area contributed by atoms with Crippen LogP contribution in [0.15, 0.2) is 0 Å². The summed E-state index contributed by atoms with van der Waals surface area (Å²) in [5.74, 6) is -0.615. The number of ether oxygens (including phenoxy) is 1. The molecule has 1 fully saturated rings. The number of aliphatic hydroxyl groups excluding tert-OH is 2. The van der Waals surface area contributed by atoms with Crippen molar-refractivity contribution >= 4 is 5.78 Å². The van der Waals surface area contributed by atoms with E-state index in [1.807, 2.05) is 0 Å². The Labute approximate surface area is 68.7 Å². The van der Waals surface area contributed by atoms with Crippen LogP contribution in [0.5, 0.6) is 0 Å². The van der Waals surface area contributed by atoms with Gasteiger partial charge in [0, 0.05) is 0 Å². The maximum absolute atomic E-state index is 11.0. The van der Waals surface area contributed by atoms with Crippen LogP contribution < -0.4 is 5.48 Å². The lowest BCUT2D eigenvalue weighted by Gasteiger charge is -2.29. The normalized spacial score (nSPS) is 36.9. The van der Waals surface area contributed by atoms with E-state index in [4.69, 9.17) is 15.1 Å². The van der Waals surface area contributed by atoms with Crippen LogP contribution in [0.3, 0.4) is 0 Å². The standard InChI is InChI=1S/C6H11NO5/c8-1-4-6(10)5(9)3(7-11)2-12-4/h3-5,7-9,11H,1-2H2/t3?,4-,5-/m1/s1. The third-order valence-electron chi connectivity index (χ3n) is 1.80. The first-order valence-corrected chi connectivity index (χ1v) is 3.54. The van der Waals surface area contributed by atoms with Gasteiger partial charge < -0.3 is 20.2 Å². The van der Waals surface area contributed by atoms with Crippen LogP contribution >= 0.6 is 0 Å². The lowest BCUT2D eigenvalue weighted by atomic mass is 10.0. The van der Waals surface area contributed by atoms with Gasteiger partial charge in [0.2, 0.25) is 0 Å². The van der Waals surface area contributed by atoms with E-state index in [1.54, 1.807) is 5.48 Å². The van der Waals surface area contributed by atoms with Gasteiger partial charge in [-0.15, -0.1) is 0 Å². The summed E-state index contributed by atoms with van der Waals surface area (Å²) in [7, 11) is 0. The number of nitrogens with one attached hydrogen (secondary N) is 1. The van der Waals surface area contributed by atoms with E-state index in [1.165, 1.54) is 0 Å². The van der Waals surface area contributed by atoms with E-state index >= 15 is 0 Å². The van der Waals surface area contributed by atoms with Gasteiger partial charge >= 0.3 is 0 Å². The predicted octanol–water partition coefficient (Wildman–Crippen LogP) is -2.35. The molecule has 4 N–H and O–H groups in total. The topological polar surface area (TPSA) is 99.0 Å². The number of rotatable bonds is 2. The van der Waals surface area contributed by atoms with Gasteiger partial charge in [-0.3, -0.25) is 4.79 Å². The van der Waals surface area contributed by atoms with E-state index in [0.717, 1.165) is 0 Å². The largest absolute Gasteiger partial charge is 0.393 e. The fourth-order valence-electron chi connectivity index (χ4n) is 1.03. The second kappa shape index (κ2) is 3.92. The third-order valence-corrected chi connectivity index (χ3v) is 1.80. The molecule has 0 radical (unpaired) electrons. The fraction of sp³-hybridized carbons (Fsp3) is 0.833. The van der Waals surface area contributed by atoms with Crippen LogP contribution in [0, 0.1) is 0 Å². The van der Waals surface area contributed by atoms with Gasteiger partial charge in [-0.2, -0.15) is 5.48 Å². The van der Waals surface area contributed by atoms with Crippen LogP contribution in [0.1, 0.15) is 0 Å². The zero-order valence-electron chi connectivity index (χ0n) is 6.30. The SMILES string of the molecule is O=C1[C@@H](CO)OCC(NO)[C@H]1O. The molecule has 6 nitrogen and oxygen atoms in total. The second-order valence-electron chi connectivity index (χ2n) is 2.59. The molecule has 0 saturated carbocycles. The maximum atomic E-state index is 11.0. The highest BCUT2D eigenvalue weighted by Crippen LogP contribution is 2.09. The van der Waals surface area contributed by atoms with E-state index in [-0.39, 0.29) is 6.61 Å². The van der Waals surface area contributed by atoms with Crippen molar-refractivity contribution in [1.29, 1.82) is 0 Å². The van der Waals surface area contributed by atoms with Gasteiger partial charge in [-0.05, 0) is 0 Å². The van der Waals surface area contributed by atoms with E-state index in [2.05, 4.69) is 0 Å². The minimum Gasteiger partial charge on any atom is -0.393 e. The Balaban J connectivity index is 2.59. The number of carbonyl (C=O) groups excluding carboxylic acids is 1. The van der Waals surface area contributed by atoms with Crippen molar-refractivity contribution < 1.29 is 25.0 Å². The first-order valence-electron chi connectivity index (χ1n) is 3.54. The lowest BCUT2D eigenvalue weighted by Crippen LogP contribution is -2.55. The number of aliphatic hydroxyl groups is 2. The molecule has 0 aromatic rings. The highest BCUT2D eigenvalue weighted by Gasteiger charge is 2.37. The molecule has 0 aromatic heterocycles. The Bertz CT molecular complexity index is 173. The number of hydrogen-bond acceptors (Lipinski definition) is 6. The molecule has 0 amide bonds. The van der Waals surface area contributed by atoms with Crippen LogP contribution in [-0.4, -0.2) is 52.7 Å². The van der Waals surface area contributed by atoms with Gasteiger partial charge in [-0.1, -0.05) is 0 Å². The minimum atomic E-state index is -1.32. The number of hydrogen-bond donors (Lipinski definition) is 4. The molecule has 1 unspecified atom stereocenters. The summed E-state index contributed by atoms with van der Waals surface area (Å²) < 4.78 is 4.83. The first-order chi connectivity index (χ1) is 5.70. The van der Waals surface area contributed by atoms with Crippen LogP contribution in [0.2, 0.25) is 0 Å². The van der Waals surface area contributed by atoms with Crippen molar-refractivity contribution in [3.8, 4) is 0 Å². The molecule has 3 atom stereocenters. The molecule has 0 bridgehead atoms. The van der Waals surface area contributed by atoms with Crippen LogP contribution in [0.25, 0.3) is 0 Å². The van der Waals surface area contributed by atoms with Gasteiger partial charge in [0.1, 0.15) is 12.2 Å². The zero-order chi connectivity index (χ0) is 9.14. The molecule has 12 heavy (non-hydrogen) atoms. The minimum absolute atomic E-state index is 0.00532. The van der Waals surface area contributed by atoms with Gasteiger partial charge in [0.25, 0.3) is 0 Å². The van der Waals surface area contributed by atoms with E-state index in [0.29, 0.717) is 0 Å². The Hall–Kier alpha value is -0.530. The molecule has 70 valence electrons.